The third kappa shape index (κ3) is 3.35. The number of nitrogens with zero attached hydrogens (tertiary/aromatic N) is 3. The Labute approximate surface area is 162 Å². The molecule has 0 bridgehead atoms. The van der Waals surface area contributed by atoms with Crippen molar-refractivity contribution in [1.82, 2.24) is 14.3 Å². The minimum atomic E-state index is -3.63. The summed E-state index contributed by atoms with van der Waals surface area (Å²) < 4.78 is 28.8. The lowest BCUT2D eigenvalue weighted by Gasteiger charge is -2.17. The van der Waals surface area contributed by atoms with Crippen LogP contribution in [0.25, 0.3) is 11.0 Å². The number of aromatic amines is 1. The van der Waals surface area contributed by atoms with Gasteiger partial charge in [-0.15, -0.1) is 0 Å². The molecule has 8 nitrogen and oxygen atoms in total. The van der Waals surface area contributed by atoms with Crippen molar-refractivity contribution in [3.8, 4) is 6.07 Å². The lowest BCUT2D eigenvalue weighted by Crippen LogP contribution is -2.33. The zero-order chi connectivity index (χ0) is 19.7. The summed E-state index contributed by atoms with van der Waals surface area (Å²) in [6.45, 7) is 0.995. The van der Waals surface area contributed by atoms with Gasteiger partial charge in [0.05, 0.1) is 11.3 Å². The number of hydrogen-bond donors (Lipinski definition) is 2. The molecule has 4 rings (SSSR count). The molecule has 1 aliphatic rings. The highest BCUT2D eigenvalue weighted by Gasteiger charge is 2.25. The molecule has 0 spiro atoms. The summed E-state index contributed by atoms with van der Waals surface area (Å²) in [6, 6.07) is 9.98. The Kier molecular flexibility index (Phi) is 4.58. The average molecular weight is 395 g/mol. The number of aromatic nitrogens is 2. The second kappa shape index (κ2) is 7.07. The standard InChI is InChI=1S/C19H17N5O3S/c20-10-13-8-16-17(12-22-19(16)21-11-13)18(25)14-4-3-5-15(9-14)23-28(26,27)24-6-1-2-7-24/h3-5,8-9,11-12,23H,1-2,6-7H2,(H,21,22). The number of pyridine rings is 1. The number of fused-ring (bicyclic) bond motifs is 1. The first-order valence-corrected chi connectivity index (χ1v) is 10.2. The molecule has 0 saturated carbocycles. The number of nitriles is 1. The lowest BCUT2D eigenvalue weighted by molar-refractivity contribution is 0.104. The molecule has 1 fully saturated rings. The van der Waals surface area contributed by atoms with Crippen molar-refractivity contribution in [2.75, 3.05) is 17.8 Å². The SMILES string of the molecule is N#Cc1cnc2[nH]cc(C(=O)c3cccc(NS(=O)(=O)N4CCCC4)c3)c2c1. The smallest absolute Gasteiger partial charge is 0.301 e. The molecule has 9 heteroatoms. The Hall–Kier alpha value is -3.22. The van der Waals surface area contributed by atoms with Crippen LogP contribution in [-0.2, 0) is 10.2 Å². The van der Waals surface area contributed by atoms with Crippen molar-refractivity contribution in [2.45, 2.75) is 12.8 Å². The van der Waals surface area contributed by atoms with Crippen LogP contribution in [0.4, 0.5) is 5.69 Å². The molecule has 2 N–H and O–H groups in total. The van der Waals surface area contributed by atoms with Crippen LogP contribution in [0.2, 0.25) is 0 Å². The van der Waals surface area contributed by atoms with Crippen molar-refractivity contribution in [2.24, 2.45) is 0 Å². The van der Waals surface area contributed by atoms with E-state index in [2.05, 4.69) is 14.7 Å². The largest absolute Gasteiger partial charge is 0.345 e. The Bertz CT molecular complexity index is 1200. The summed E-state index contributed by atoms with van der Waals surface area (Å²) >= 11 is 0. The van der Waals surface area contributed by atoms with E-state index in [0.717, 1.165) is 12.8 Å². The average Bonchev–Trinajstić information content (AvgIpc) is 3.37. The molecule has 0 unspecified atom stereocenters. The van der Waals surface area contributed by atoms with E-state index in [9.17, 15) is 13.2 Å². The van der Waals surface area contributed by atoms with Gasteiger partial charge in [-0.25, -0.2) is 4.98 Å². The van der Waals surface area contributed by atoms with Gasteiger partial charge in [-0.2, -0.15) is 18.0 Å². The maximum atomic E-state index is 13.0. The second-order valence-electron chi connectivity index (χ2n) is 6.56. The van der Waals surface area contributed by atoms with Crippen LogP contribution in [0.15, 0.2) is 42.7 Å². The molecule has 2 aromatic heterocycles. The first-order chi connectivity index (χ1) is 13.5. The van der Waals surface area contributed by atoms with Crippen LogP contribution in [0.3, 0.4) is 0 Å². The van der Waals surface area contributed by atoms with Gasteiger partial charge in [-0.05, 0) is 31.0 Å². The first kappa shape index (κ1) is 18.2. The van der Waals surface area contributed by atoms with Crippen molar-refractivity contribution < 1.29 is 13.2 Å². The number of nitrogens with one attached hydrogen (secondary N) is 2. The number of benzene rings is 1. The Balaban J connectivity index is 1.64. The molecule has 1 saturated heterocycles. The van der Waals surface area contributed by atoms with Crippen molar-refractivity contribution in [3.63, 3.8) is 0 Å². The van der Waals surface area contributed by atoms with E-state index in [1.54, 1.807) is 30.5 Å². The molecular formula is C19H17N5O3S. The number of ketones is 1. The first-order valence-electron chi connectivity index (χ1n) is 8.78. The number of hydrogen-bond acceptors (Lipinski definition) is 5. The van der Waals surface area contributed by atoms with E-state index >= 15 is 0 Å². The third-order valence-electron chi connectivity index (χ3n) is 4.68. The topological polar surface area (TPSA) is 119 Å². The van der Waals surface area contributed by atoms with Crippen LogP contribution in [0, 0.1) is 11.3 Å². The summed E-state index contributed by atoms with van der Waals surface area (Å²) in [4.78, 5) is 20.0. The molecule has 0 atom stereocenters. The summed E-state index contributed by atoms with van der Waals surface area (Å²) in [5, 5.41) is 9.61. The maximum absolute atomic E-state index is 13.0. The number of anilines is 1. The summed E-state index contributed by atoms with van der Waals surface area (Å²) in [5.41, 5.74) is 1.90. The van der Waals surface area contributed by atoms with Crippen LogP contribution in [-0.4, -0.2) is 41.6 Å². The quantitative estimate of drug-likeness (QED) is 0.643. The number of carbonyl (C=O) groups is 1. The number of rotatable bonds is 5. The Morgan fingerprint density at radius 1 is 1.25 bits per heavy atom. The van der Waals surface area contributed by atoms with Gasteiger partial charge < -0.3 is 4.98 Å². The van der Waals surface area contributed by atoms with Gasteiger partial charge in [0.15, 0.2) is 5.78 Å². The fourth-order valence-electron chi connectivity index (χ4n) is 3.27. The van der Waals surface area contributed by atoms with E-state index in [-0.39, 0.29) is 5.78 Å². The highest BCUT2D eigenvalue weighted by atomic mass is 32.2. The highest BCUT2D eigenvalue weighted by molar-refractivity contribution is 7.90. The maximum Gasteiger partial charge on any atom is 0.301 e. The fourth-order valence-corrected chi connectivity index (χ4v) is 4.57. The summed E-state index contributed by atoms with van der Waals surface area (Å²) in [7, 11) is -3.63. The minimum Gasteiger partial charge on any atom is -0.345 e. The second-order valence-corrected chi connectivity index (χ2v) is 8.23. The van der Waals surface area contributed by atoms with Gasteiger partial charge in [0, 0.05) is 42.0 Å². The van der Waals surface area contributed by atoms with Gasteiger partial charge >= 0.3 is 10.2 Å². The molecule has 1 aliphatic heterocycles. The highest BCUT2D eigenvalue weighted by Crippen LogP contribution is 2.23. The monoisotopic (exact) mass is 395 g/mol. The molecule has 142 valence electrons. The molecule has 3 heterocycles. The molecule has 0 amide bonds. The third-order valence-corrected chi connectivity index (χ3v) is 6.22. The van der Waals surface area contributed by atoms with Gasteiger partial charge in [0.1, 0.15) is 11.7 Å². The summed E-state index contributed by atoms with van der Waals surface area (Å²) in [6.07, 6.45) is 4.67. The van der Waals surface area contributed by atoms with Crippen LogP contribution < -0.4 is 4.72 Å². The van der Waals surface area contributed by atoms with Crippen LogP contribution in [0.1, 0.15) is 34.3 Å². The molecular weight excluding hydrogens is 378 g/mol. The molecule has 0 aliphatic carbocycles. The minimum absolute atomic E-state index is 0.287. The van der Waals surface area contributed by atoms with Gasteiger partial charge in [-0.3, -0.25) is 9.52 Å². The van der Waals surface area contributed by atoms with Gasteiger partial charge in [0.2, 0.25) is 0 Å². The van der Waals surface area contributed by atoms with E-state index in [0.29, 0.717) is 46.5 Å². The van der Waals surface area contributed by atoms with Crippen LogP contribution >= 0.6 is 0 Å². The number of carbonyl (C=O) groups excluding carboxylic acids is 1. The predicted octanol–water partition coefficient (Wildman–Crippen LogP) is 2.42. The molecule has 0 radical (unpaired) electrons. The van der Waals surface area contributed by atoms with Gasteiger partial charge in [0.25, 0.3) is 0 Å². The van der Waals surface area contributed by atoms with Crippen molar-refractivity contribution in [1.29, 1.82) is 5.26 Å². The predicted molar refractivity (Wildman–Crippen MR) is 104 cm³/mol. The molecule has 3 aromatic rings. The summed E-state index contributed by atoms with van der Waals surface area (Å²) in [5.74, 6) is -0.287. The van der Waals surface area contributed by atoms with Crippen LogP contribution in [0.5, 0.6) is 0 Å². The van der Waals surface area contributed by atoms with E-state index in [1.807, 2.05) is 6.07 Å². The lowest BCUT2D eigenvalue weighted by atomic mass is 10.0. The van der Waals surface area contributed by atoms with E-state index in [1.165, 1.54) is 16.6 Å². The van der Waals surface area contributed by atoms with E-state index < -0.39 is 10.2 Å². The molecule has 28 heavy (non-hydrogen) atoms. The Morgan fingerprint density at radius 3 is 2.79 bits per heavy atom. The zero-order valence-corrected chi connectivity index (χ0v) is 15.7. The Morgan fingerprint density at radius 2 is 2.04 bits per heavy atom. The molecule has 1 aromatic carbocycles. The van der Waals surface area contributed by atoms with E-state index in [4.69, 9.17) is 5.26 Å². The fraction of sp³-hybridized carbons (Fsp3) is 0.211. The number of H-pyrrole nitrogens is 1. The van der Waals surface area contributed by atoms with Crippen molar-refractivity contribution in [3.05, 3.63) is 59.4 Å². The van der Waals surface area contributed by atoms with Gasteiger partial charge in [-0.1, -0.05) is 12.1 Å². The zero-order valence-electron chi connectivity index (χ0n) is 14.8. The normalized spacial score (nSPS) is 14.8. The van der Waals surface area contributed by atoms with Crippen molar-refractivity contribution >= 4 is 32.7 Å².